The lowest BCUT2D eigenvalue weighted by molar-refractivity contribution is -0.122. The second kappa shape index (κ2) is 8.65. The average Bonchev–Trinajstić information content (AvgIpc) is 3.21. The molecule has 7 nitrogen and oxygen atoms in total. The number of benzene rings is 1. The first kappa shape index (κ1) is 19.4. The van der Waals surface area contributed by atoms with E-state index in [0.717, 1.165) is 11.1 Å². The van der Waals surface area contributed by atoms with E-state index in [4.69, 9.17) is 0 Å². The van der Waals surface area contributed by atoms with Gasteiger partial charge in [-0.3, -0.25) is 19.4 Å². The highest BCUT2D eigenvalue weighted by Crippen LogP contribution is 2.27. The molecule has 2 aromatic heterocycles. The van der Waals surface area contributed by atoms with Crippen LogP contribution in [-0.2, 0) is 9.59 Å². The van der Waals surface area contributed by atoms with Crippen molar-refractivity contribution in [3.8, 4) is 11.1 Å². The Labute approximate surface area is 173 Å². The Morgan fingerprint density at radius 3 is 2.60 bits per heavy atom. The van der Waals surface area contributed by atoms with Gasteiger partial charge in [-0.05, 0) is 30.2 Å². The predicted molar refractivity (Wildman–Crippen MR) is 113 cm³/mol. The van der Waals surface area contributed by atoms with E-state index in [1.807, 2.05) is 36.4 Å². The van der Waals surface area contributed by atoms with Gasteiger partial charge in [0.2, 0.25) is 5.91 Å². The standard InChI is InChI=1S/C23H20N4O3/c28-18-7-6-16(12-18)23(30)27-21-13-17(8-11-25-21)22(29)26-20-14-24-10-9-19(20)15-4-2-1-3-5-15/h1-5,8-11,13-14,16H,6-7,12H2,(H,26,29)(H,25,27,30). The van der Waals surface area contributed by atoms with Crippen molar-refractivity contribution in [2.75, 3.05) is 10.6 Å². The molecule has 2 N–H and O–H groups in total. The molecule has 4 rings (SSSR count). The first-order valence-electron chi connectivity index (χ1n) is 9.69. The Bertz CT molecular complexity index is 1100. The van der Waals surface area contributed by atoms with Crippen molar-refractivity contribution < 1.29 is 14.4 Å². The van der Waals surface area contributed by atoms with E-state index in [1.54, 1.807) is 18.5 Å². The van der Waals surface area contributed by atoms with E-state index < -0.39 is 0 Å². The lowest BCUT2D eigenvalue weighted by Crippen LogP contribution is -2.22. The number of nitrogens with zero attached hydrogens (tertiary/aromatic N) is 2. The smallest absolute Gasteiger partial charge is 0.255 e. The van der Waals surface area contributed by atoms with Gasteiger partial charge in [-0.1, -0.05) is 30.3 Å². The molecular weight excluding hydrogens is 380 g/mol. The van der Waals surface area contributed by atoms with Crippen LogP contribution in [0.2, 0.25) is 0 Å². The van der Waals surface area contributed by atoms with E-state index in [9.17, 15) is 14.4 Å². The molecule has 1 fully saturated rings. The normalized spacial score (nSPS) is 15.6. The van der Waals surface area contributed by atoms with Crippen molar-refractivity contribution in [2.45, 2.75) is 19.3 Å². The number of carbonyl (C=O) groups excluding carboxylic acids is 3. The van der Waals surface area contributed by atoms with Crippen LogP contribution in [0.3, 0.4) is 0 Å². The molecule has 7 heteroatoms. The Morgan fingerprint density at radius 2 is 1.83 bits per heavy atom. The Kier molecular flexibility index (Phi) is 5.61. The summed E-state index contributed by atoms with van der Waals surface area (Å²) in [5.74, 6) is -0.539. The van der Waals surface area contributed by atoms with Gasteiger partial charge in [0.1, 0.15) is 11.6 Å². The van der Waals surface area contributed by atoms with Crippen LogP contribution in [0.25, 0.3) is 11.1 Å². The fourth-order valence-electron chi connectivity index (χ4n) is 3.46. The fraction of sp³-hybridized carbons (Fsp3) is 0.174. The maximum absolute atomic E-state index is 12.8. The summed E-state index contributed by atoms with van der Waals surface area (Å²) in [6, 6.07) is 14.6. The number of aromatic nitrogens is 2. The number of hydrogen-bond donors (Lipinski definition) is 2. The zero-order valence-electron chi connectivity index (χ0n) is 16.2. The number of amides is 2. The Morgan fingerprint density at radius 1 is 1.00 bits per heavy atom. The maximum atomic E-state index is 12.8. The van der Waals surface area contributed by atoms with Crippen molar-refractivity contribution in [1.82, 2.24) is 9.97 Å². The van der Waals surface area contributed by atoms with Crippen LogP contribution in [0.15, 0.2) is 67.1 Å². The first-order chi connectivity index (χ1) is 14.6. The SMILES string of the molecule is O=C1CCC(C(=O)Nc2cc(C(=O)Nc3cnccc3-c3ccccc3)ccn2)C1. The molecule has 1 aromatic carbocycles. The van der Waals surface area contributed by atoms with E-state index in [2.05, 4.69) is 20.6 Å². The molecule has 1 aliphatic carbocycles. The molecule has 0 saturated heterocycles. The van der Waals surface area contributed by atoms with Gasteiger partial charge in [-0.15, -0.1) is 0 Å². The second-order valence-electron chi connectivity index (χ2n) is 7.14. The molecule has 0 aliphatic heterocycles. The number of nitrogens with one attached hydrogen (secondary N) is 2. The van der Waals surface area contributed by atoms with E-state index in [1.165, 1.54) is 12.3 Å². The summed E-state index contributed by atoms with van der Waals surface area (Å²) in [5.41, 5.74) is 2.75. The molecule has 0 radical (unpaired) electrons. The summed E-state index contributed by atoms with van der Waals surface area (Å²) in [6.07, 6.45) is 5.98. The number of rotatable bonds is 5. The van der Waals surface area contributed by atoms with Crippen molar-refractivity contribution in [1.29, 1.82) is 0 Å². The average molecular weight is 400 g/mol. The zero-order chi connectivity index (χ0) is 20.9. The van der Waals surface area contributed by atoms with Crippen LogP contribution < -0.4 is 10.6 Å². The van der Waals surface area contributed by atoms with Gasteiger partial charge in [-0.25, -0.2) is 4.98 Å². The molecule has 3 aromatic rings. The van der Waals surface area contributed by atoms with Crippen LogP contribution in [0, 0.1) is 5.92 Å². The van der Waals surface area contributed by atoms with Gasteiger partial charge >= 0.3 is 0 Å². The van der Waals surface area contributed by atoms with Crippen molar-refractivity contribution in [3.05, 3.63) is 72.7 Å². The molecule has 1 atom stereocenters. The Balaban J connectivity index is 1.49. The van der Waals surface area contributed by atoms with Gasteiger partial charge in [0.05, 0.1) is 11.9 Å². The Hall–Kier alpha value is -3.87. The van der Waals surface area contributed by atoms with Crippen LogP contribution in [-0.4, -0.2) is 27.6 Å². The first-order valence-corrected chi connectivity index (χ1v) is 9.69. The summed E-state index contributed by atoms with van der Waals surface area (Å²) >= 11 is 0. The summed E-state index contributed by atoms with van der Waals surface area (Å²) in [4.78, 5) is 44.8. The third-order valence-electron chi connectivity index (χ3n) is 5.04. The number of anilines is 2. The topological polar surface area (TPSA) is 101 Å². The zero-order valence-corrected chi connectivity index (χ0v) is 16.2. The largest absolute Gasteiger partial charge is 0.320 e. The third-order valence-corrected chi connectivity index (χ3v) is 5.04. The summed E-state index contributed by atoms with van der Waals surface area (Å²) in [6.45, 7) is 0. The van der Waals surface area contributed by atoms with Gasteiger partial charge in [0.15, 0.2) is 0 Å². The fourth-order valence-corrected chi connectivity index (χ4v) is 3.46. The summed E-state index contributed by atoms with van der Waals surface area (Å²) in [5, 5.41) is 5.59. The minimum atomic E-state index is -0.339. The second-order valence-corrected chi connectivity index (χ2v) is 7.14. The highest BCUT2D eigenvalue weighted by molar-refractivity contribution is 6.07. The molecule has 150 valence electrons. The predicted octanol–water partition coefficient (Wildman–Crippen LogP) is 3.70. The molecule has 30 heavy (non-hydrogen) atoms. The molecule has 1 aliphatic rings. The van der Waals surface area contributed by atoms with Crippen molar-refractivity contribution >= 4 is 29.1 Å². The summed E-state index contributed by atoms with van der Waals surface area (Å²) in [7, 11) is 0. The van der Waals surface area contributed by atoms with Crippen molar-refractivity contribution in [2.24, 2.45) is 5.92 Å². The number of hydrogen-bond acceptors (Lipinski definition) is 5. The molecule has 0 spiro atoms. The number of ketones is 1. The van der Waals surface area contributed by atoms with Gasteiger partial charge in [0, 0.05) is 42.3 Å². The highest BCUT2D eigenvalue weighted by atomic mass is 16.2. The number of Topliss-reactive ketones (excluding diaryl/α,β-unsaturated/α-hetero) is 1. The quantitative estimate of drug-likeness (QED) is 0.680. The summed E-state index contributed by atoms with van der Waals surface area (Å²) < 4.78 is 0. The number of carbonyl (C=O) groups is 3. The van der Waals surface area contributed by atoms with E-state index >= 15 is 0 Å². The lowest BCUT2D eigenvalue weighted by atomic mass is 10.1. The maximum Gasteiger partial charge on any atom is 0.255 e. The van der Waals surface area contributed by atoms with Crippen LogP contribution in [0.4, 0.5) is 11.5 Å². The molecule has 1 unspecified atom stereocenters. The van der Waals surface area contributed by atoms with Crippen LogP contribution >= 0.6 is 0 Å². The number of pyridine rings is 2. The molecule has 0 bridgehead atoms. The van der Waals surface area contributed by atoms with Gasteiger partial charge in [0.25, 0.3) is 5.91 Å². The van der Waals surface area contributed by atoms with Crippen molar-refractivity contribution in [3.63, 3.8) is 0 Å². The minimum absolute atomic E-state index is 0.0990. The van der Waals surface area contributed by atoms with Gasteiger partial charge < -0.3 is 10.6 Å². The van der Waals surface area contributed by atoms with E-state index in [0.29, 0.717) is 24.1 Å². The van der Waals surface area contributed by atoms with Gasteiger partial charge in [-0.2, -0.15) is 0 Å². The van der Waals surface area contributed by atoms with Crippen LogP contribution in [0.5, 0.6) is 0 Å². The van der Waals surface area contributed by atoms with Crippen LogP contribution in [0.1, 0.15) is 29.6 Å². The molecule has 2 amide bonds. The molecular formula is C23H20N4O3. The molecule has 1 saturated carbocycles. The monoisotopic (exact) mass is 400 g/mol. The highest BCUT2D eigenvalue weighted by Gasteiger charge is 2.28. The molecule has 2 heterocycles. The lowest BCUT2D eigenvalue weighted by Gasteiger charge is -2.12. The third kappa shape index (κ3) is 4.41. The minimum Gasteiger partial charge on any atom is -0.320 e. The van der Waals surface area contributed by atoms with E-state index in [-0.39, 0.29) is 35.8 Å².